The van der Waals surface area contributed by atoms with Crippen LogP contribution in [-0.4, -0.2) is 47.4 Å². The molecule has 6 nitrogen and oxygen atoms in total. The standard InChI is InChI=1S/C57H111NO5/c1-3-5-7-9-11-13-15-16-17-18-19-20-21-23-26-30-33-37-41-45-49-55(60)54(53-59)58-56(61)50-46-42-38-34-31-27-24-22-25-28-32-36-40-44-48-52-63-57(62)51-47-43-39-35-29-14-12-10-8-6-4-2/h25,28,54-55,59-60H,3-24,26-27,29-53H2,1-2H3,(H,58,61)/b28-25-. The SMILES string of the molecule is CCCCCCCCCCCCCCCCCCCCCCC(O)C(CO)NC(=O)CCCCCCCCC/C=C\CCCCCCOC(=O)CCCCCCCCCCCCC. The van der Waals surface area contributed by atoms with Crippen molar-refractivity contribution in [3.8, 4) is 0 Å². The van der Waals surface area contributed by atoms with E-state index in [4.69, 9.17) is 4.74 Å². The molecule has 0 saturated carbocycles. The van der Waals surface area contributed by atoms with Crippen molar-refractivity contribution in [2.45, 2.75) is 328 Å². The van der Waals surface area contributed by atoms with E-state index in [9.17, 15) is 19.8 Å². The quantitative estimate of drug-likeness (QED) is 0.0321. The van der Waals surface area contributed by atoms with Gasteiger partial charge in [-0.25, -0.2) is 0 Å². The van der Waals surface area contributed by atoms with E-state index < -0.39 is 12.1 Å². The first-order valence-electron chi connectivity index (χ1n) is 28.4. The Morgan fingerprint density at radius 3 is 1.13 bits per heavy atom. The van der Waals surface area contributed by atoms with Gasteiger partial charge in [0.1, 0.15) is 0 Å². The highest BCUT2D eigenvalue weighted by Gasteiger charge is 2.20. The first-order chi connectivity index (χ1) is 31.0. The summed E-state index contributed by atoms with van der Waals surface area (Å²) in [6, 6.07) is -0.552. The Morgan fingerprint density at radius 1 is 0.429 bits per heavy atom. The van der Waals surface area contributed by atoms with Crippen molar-refractivity contribution >= 4 is 11.9 Å². The zero-order valence-corrected chi connectivity index (χ0v) is 42.6. The summed E-state index contributed by atoms with van der Waals surface area (Å²) in [5, 5.41) is 23.3. The van der Waals surface area contributed by atoms with E-state index in [-0.39, 0.29) is 18.5 Å². The van der Waals surface area contributed by atoms with Crippen LogP contribution in [0.3, 0.4) is 0 Å². The Bertz CT molecular complexity index is 939. The first kappa shape index (κ1) is 61.6. The second-order valence-electron chi connectivity index (χ2n) is 19.6. The van der Waals surface area contributed by atoms with Gasteiger partial charge in [-0.3, -0.25) is 9.59 Å². The number of amides is 1. The summed E-state index contributed by atoms with van der Waals surface area (Å²) in [4.78, 5) is 24.5. The number of aliphatic hydroxyl groups excluding tert-OH is 2. The van der Waals surface area contributed by atoms with Gasteiger partial charge in [-0.2, -0.15) is 0 Å². The van der Waals surface area contributed by atoms with Gasteiger partial charge in [0.05, 0.1) is 25.4 Å². The summed E-state index contributed by atoms with van der Waals surface area (Å²) in [6.07, 6.45) is 62.0. The van der Waals surface area contributed by atoms with Crippen LogP contribution < -0.4 is 5.32 Å². The number of hydrogen-bond donors (Lipinski definition) is 3. The molecule has 6 heteroatoms. The molecule has 0 rings (SSSR count). The molecular formula is C57H111NO5. The molecule has 0 radical (unpaired) electrons. The minimum absolute atomic E-state index is 0.00966. The highest BCUT2D eigenvalue weighted by atomic mass is 16.5. The maximum Gasteiger partial charge on any atom is 0.305 e. The minimum atomic E-state index is -0.674. The fraction of sp³-hybridized carbons (Fsp3) is 0.930. The molecule has 0 saturated heterocycles. The van der Waals surface area contributed by atoms with Crippen molar-refractivity contribution in [2.24, 2.45) is 0 Å². The summed E-state index contributed by atoms with van der Waals surface area (Å²) >= 11 is 0. The van der Waals surface area contributed by atoms with Crippen molar-refractivity contribution in [1.29, 1.82) is 0 Å². The molecule has 1 amide bonds. The van der Waals surface area contributed by atoms with E-state index in [1.54, 1.807) is 0 Å². The van der Waals surface area contributed by atoms with E-state index >= 15 is 0 Å². The van der Waals surface area contributed by atoms with Gasteiger partial charge in [-0.1, -0.05) is 264 Å². The molecule has 0 heterocycles. The zero-order valence-electron chi connectivity index (χ0n) is 42.6. The largest absolute Gasteiger partial charge is 0.466 e. The van der Waals surface area contributed by atoms with Gasteiger partial charge in [0, 0.05) is 12.8 Å². The Balaban J connectivity index is 3.47. The average Bonchev–Trinajstić information content (AvgIpc) is 3.28. The van der Waals surface area contributed by atoms with Gasteiger partial charge in [-0.05, 0) is 51.4 Å². The van der Waals surface area contributed by atoms with Gasteiger partial charge in [0.2, 0.25) is 5.91 Å². The van der Waals surface area contributed by atoms with Gasteiger partial charge in [0.15, 0.2) is 0 Å². The summed E-state index contributed by atoms with van der Waals surface area (Å²) in [5.74, 6) is -0.0568. The van der Waals surface area contributed by atoms with Crippen molar-refractivity contribution in [3.05, 3.63) is 12.2 Å². The number of nitrogens with one attached hydrogen (secondary N) is 1. The number of rotatable bonds is 53. The number of carbonyl (C=O) groups excluding carboxylic acids is 2. The van der Waals surface area contributed by atoms with E-state index in [0.717, 1.165) is 70.6 Å². The van der Waals surface area contributed by atoms with Crippen molar-refractivity contribution in [3.63, 3.8) is 0 Å². The van der Waals surface area contributed by atoms with Gasteiger partial charge in [0.25, 0.3) is 0 Å². The van der Waals surface area contributed by atoms with Crippen LogP contribution in [0, 0.1) is 0 Å². The highest BCUT2D eigenvalue weighted by Crippen LogP contribution is 2.17. The molecule has 0 aliphatic carbocycles. The maximum absolute atomic E-state index is 12.5. The van der Waals surface area contributed by atoms with Gasteiger partial charge >= 0.3 is 5.97 Å². The molecule has 0 fully saturated rings. The lowest BCUT2D eigenvalue weighted by atomic mass is 10.0. The van der Waals surface area contributed by atoms with Crippen LogP contribution in [-0.2, 0) is 14.3 Å². The molecule has 3 N–H and O–H groups in total. The van der Waals surface area contributed by atoms with E-state index in [1.807, 2.05) is 0 Å². The third kappa shape index (κ3) is 49.9. The molecule has 0 aromatic carbocycles. The topological polar surface area (TPSA) is 95.9 Å². The third-order valence-electron chi connectivity index (χ3n) is 13.3. The predicted octanol–water partition coefficient (Wildman–Crippen LogP) is 17.3. The number of hydrogen-bond acceptors (Lipinski definition) is 5. The Hall–Kier alpha value is -1.40. The lowest BCUT2D eigenvalue weighted by molar-refractivity contribution is -0.143. The van der Waals surface area contributed by atoms with Crippen LogP contribution in [0.25, 0.3) is 0 Å². The smallest absolute Gasteiger partial charge is 0.305 e. The Labute approximate surface area is 393 Å². The van der Waals surface area contributed by atoms with Crippen LogP contribution in [0.2, 0.25) is 0 Å². The number of carbonyl (C=O) groups is 2. The molecular weight excluding hydrogens is 779 g/mol. The van der Waals surface area contributed by atoms with Crippen LogP contribution in [0.4, 0.5) is 0 Å². The maximum atomic E-state index is 12.5. The Morgan fingerprint density at radius 2 is 0.746 bits per heavy atom. The molecule has 0 bridgehead atoms. The fourth-order valence-corrected chi connectivity index (χ4v) is 8.93. The summed E-state index contributed by atoms with van der Waals surface area (Å²) in [5.41, 5.74) is 0. The average molecular weight is 891 g/mol. The first-order valence-corrected chi connectivity index (χ1v) is 28.4. The number of unbranched alkanes of at least 4 members (excludes halogenated alkanes) is 40. The second kappa shape index (κ2) is 53.2. The van der Waals surface area contributed by atoms with Crippen LogP contribution >= 0.6 is 0 Å². The van der Waals surface area contributed by atoms with Crippen molar-refractivity contribution in [2.75, 3.05) is 13.2 Å². The fourth-order valence-electron chi connectivity index (χ4n) is 8.93. The second-order valence-corrected chi connectivity index (χ2v) is 19.6. The summed E-state index contributed by atoms with van der Waals surface area (Å²) in [7, 11) is 0. The molecule has 374 valence electrons. The van der Waals surface area contributed by atoms with Crippen molar-refractivity contribution < 1.29 is 24.5 Å². The molecule has 63 heavy (non-hydrogen) atoms. The lowest BCUT2D eigenvalue weighted by Crippen LogP contribution is -2.45. The molecule has 2 atom stereocenters. The minimum Gasteiger partial charge on any atom is -0.466 e. The van der Waals surface area contributed by atoms with Crippen LogP contribution in [0.1, 0.15) is 316 Å². The van der Waals surface area contributed by atoms with Crippen LogP contribution in [0.15, 0.2) is 12.2 Å². The van der Waals surface area contributed by atoms with Crippen LogP contribution in [0.5, 0.6) is 0 Å². The number of allylic oxidation sites excluding steroid dienone is 2. The van der Waals surface area contributed by atoms with E-state index in [2.05, 4.69) is 31.3 Å². The number of aliphatic hydroxyl groups is 2. The third-order valence-corrected chi connectivity index (χ3v) is 13.3. The predicted molar refractivity (Wildman–Crippen MR) is 273 cm³/mol. The van der Waals surface area contributed by atoms with Gasteiger partial charge in [-0.15, -0.1) is 0 Å². The summed E-state index contributed by atoms with van der Waals surface area (Å²) in [6.45, 7) is 4.93. The number of esters is 1. The molecule has 0 aliphatic heterocycles. The monoisotopic (exact) mass is 890 g/mol. The molecule has 0 spiro atoms. The highest BCUT2D eigenvalue weighted by molar-refractivity contribution is 5.76. The van der Waals surface area contributed by atoms with E-state index in [1.165, 1.54) is 212 Å². The molecule has 0 aromatic heterocycles. The lowest BCUT2D eigenvalue weighted by Gasteiger charge is -2.22. The Kier molecular flexibility index (Phi) is 52.0. The zero-order chi connectivity index (χ0) is 45.8. The van der Waals surface area contributed by atoms with Crippen molar-refractivity contribution in [1.82, 2.24) is 5.32 Å². The van der Waals surface area contributed by atoms with E-state index in [0.29, 0.717) is 25.9 Å². The normalized spacial score (nSPS) is 12.6. The number of ether oxygens (including phenoxy) is 1. The molecule has 2 unspecified atom stereocenters. The molecule has 0 aliphatic rings. The molecule has 0 aromatic rings. The summed E-state index contributed by atoms with van der Waals surface area (Å²) < 4.78 is 5.44. The van der Waals surface area contributed by atoms with Gasteiger partial charge < -0.3 is 20.3 Å².